The standard InChI is InChI=1S/C15H23BrN4O2S.HI/c1-2-18-14(19-9-10-23(17,21)22)20-11-15(7-8-15)12-5-3-4-6-13(12)16;/h3-6H,2,7-11H2,1H3,(H2,17,21,22)(H2,18,19,20);1H. The van der Waals surface area contributed by atoms with E-state index in [4.69, 9.17) is 5.14 Å². The maximum absolute atomic E-state index is 11.0. The van der Waals surface area contributed by atoms with Gasteiger partial charge in [0.1, 0.15) is 0 Å². The van der Waals surface area contributed by atoms with Crippen molar-refractivity contribution >= 4 is 55.9 Å². The summed E-state index contributed by atoms with van der Waals surface area (Å²) in [5, 5.41) is 11.1. The SMILES string of the molecule is CCNC(=NCC1(c2ccccc2Br)CC1)NCCS(N)(=O)=O.I. The molecule has 0 amide bonds. The topological polar surface area (TPSA) is 96.6 Å². The lowest BCUT2D eigenvalue weighted by molar-refractivity contribution is 0.596. The number of guanidine groups is 1. The highest BCUT2D eigenvalue weighted by atomic mass is 127. The molecule has 0 atom stereocenters. The smallest absolute Gasteiger partial charge is 0.210 e. The van der Waals surface area contributed by atoms with Crippen LogP contribution in [0.25, 0.3) is 0 Å². The molecule has 6 nitrogen and oxygen atoms in total. The minimum atomic E-state index is -3.47. The highest BCUT2D eigenvalue weighted by molar-refractivity contribution is 14.0. The Hall–Kier alpha value is -0.390. The van der Waals surface area contributed by atoms with Gasteiger partial charge in [-0.2, -0.15) is 0 Å². The molecule has 0 aromatic heterocycles. The van der Waals surface area contributed by atoms with Crippen LogP contribution in [0.5, 0.6) is 0 Å². The zero-order valence-electron chi connectivity index (χ0n) is 13.6. The van der Waals surface area contributed by atoms with E-state index < -0.39 is 10.0 Å². The summed E-state index contributed by atoms with van der Waals surface area (Å²) in [6.45, 7) is 3.59. The second-order valence-electron chi connectivity index (χ2n) is 5.75. The molecule has 0 bridgehead atoms. The average Bonchev–Trinajstić information content (AvgIpc) is 3.25. The number of hydrogen-bond donors (Lipinski definition) is 3. The number of nitrogens with two attached hydrogens (primary N) is 1. The third kappa shape index (κ3) is 6.49. The van der Waals surface area contributed by atoms with Crippen LogP contribution in [0.3, 0.4) is 0 Å². The van der Waals surface area contributed by atoms with Gasteiger partial charge in [-0.05, 0) is 31.4 Å². The lowest BCUT2D eigenvalue weighted by Gasteiger charge is -2.17. The van der Waals surface area contributed by atoms with E-state index in [1.54, 1.807) is 0 Å². The average molecular weight is 531 g/mol. The summed E-state index contributed by atoms with van der Waals surface area (Å²) in [5.41, 5.74) is 1.37. The first-order chi connectivity index (χ1) is 10.9. The van der Waals surface area contributed by atoms with Gasteiger partial charge < -0.3 is 10.6 Å². The van der Waals surface area contributed by atoms with Crippen LogP contribution in [0.2, 0.25) is 0 Å². The van der Waals surface area contributed by atoms with Crippen molar-refractivity contribution in [3.63, 3.8) is 0 Å². The van der Waals surface area contributed by atoms with E-state index in [1.807, 2.05) is 19.1 Å². The number of hydrogen-bond acceptors (Lipinski definition) is 3. The molecule has 2 rings (SSSR count). The molecule has 0 aliphatic heterocycles. The Bertz CT molecular complexity index is 678. The Labute approximate surface area is 169 Å². The molecular formula is C15H24BrIN4O2S. The summed E-state index contributed by atoms with van der Waals surface area (Å²) in [6.07, 6.45) is 2.21. The molecule has 1 aromatic rings. The fourth-order valence-electron chi connectivity index (χ4n) is 2.44. The summed E-state index contributed by atoms with van der Waals surface area (Å²) in [6, 6.07) is 8.23. The highest BCUT2D eigenvalue weighted by Gasteiger charge is 2.45. The van der Waals surface area contributed by atoms with Crippen LogP contribution in [0.1, 0.15) is 25.3 Å². The van der Waals surface area contributed by atoms with Gasteiger partial charge in [0.25, 0.3) is 0 Å². The van der Waals surface area contributed by atoms with Crippen LogP contribution < -0.4 is 15.8 Å². The van der Waals surface area contributed by atoms with Gasteiger partial charge in [-0.3, -0.25) is 4.99 Å². The van der Waals surface area contributed by atoms with E-state index in [-0.39, 0.29) is 41.7 Å². The Morgan fingerprint density at radius 2 is 2.00 bits per heavy atom. The van der Waals surface area contributed by atoms with Crippen molar-refractivity contribution < 1.29 is 8.42 Å². The van der Waals surface area contributed by atoms with Crippen LogP contribution in [0, 0.1) is 0 Å². The second-order valence-corrected chi connectivity index (χ2v) is 8.34. The molecule has 9 heteroatoms. The van der Waals surface area contributed by atoms with E-state index in [0.717, 1.165) is 17.3 Å². The van der Waals surface area contributed by atoms with E-state index in [9.17, 15) is 8.42 Å². The lowest BCUT2D eigenvalue weighted by atomic mass is 9.96. The van der Waals surface area contributed by atoms with E-state index in [0.29, 0.717) is 19.0 Å². The van der Waals surface area contributed by atoms with Gasteiger partial charge in [-0.15, -0.1) is 24.0 Å². The van der Waals surface area contributed by atoms with Crippen LogP contribution in [0.15, 0.2) is 33.7 Å². The monoisotopic (exact) mass is 530 g/mol. The van der Waals surface area contributed by atoms with Gasteiger partial charge in [-0.1, -0.05) is 34.1 Å². The number of rotatable bonds is 7. The lowest BCUT2D eigenvalue weighted by Crippen LogP contribution is -2.40. The molecule has 1 aliphatic rings. The Morgan fingerprint density at radius 3 is 2.54 bits per heavy atom. The van der Waals surface area contributed by atoms with E-state index >= 15 is 0 Å². The predicted molar refractivity (Wildman–Crippen MR) is 112 cm³/mol. The third-order valence-corrected chi connectivity index (χ3v) is 5.33. The Morgan fingerprint density at radius 1 is 1.33 bits per heavy atom. The minimum Gasteiger partial charge on any atom is -0.357 e. The summed E-state index contributed by atoms with van der Waals surface area (Å²) in [4.78, 5) is 4.62. The number of nitrogens with one attached hydrogen (secondary N) is 2. The molecule has 1 fully saturated rings. The predicted octanol–water partition coefficient (Wildman–Crippen LogP) is 1.94. The number of primary sulfonamides is 1. The summed E-state index contributed by atoms with van der Waals surface area (Å²) in [7, 11) is -3.47. The first-order valence-electron chi connectivity index (χ1n) is 7.64. The Balaban J connectivity index is 0.00000288. The first kappa shape index (κ1) is 21.7. The number of nitrogens with zero attached hydrogens (tertiary/aromatic N) is 1. The van der Waals surface area contributed by atoms with Crippen molar-refractivity contribution in [1.29, 1.82) is 0 Å². The fraction of sp³-hybridized carbons (Fsp3) is 0.533. The normalized spacial score (nSPS) is 16.2. The minimum absolute atomic E-state index is 0. The van der Waals surface area contributed by atoms with Gasteiger partial charge in [0, 0.05) is 23.0 Å². The van der Waals surface area contributed by atoms with Gasteiger partial charge in [0.05, 0.1) is 12.3 Å². The molecule has 1 saturated carbocycles. The second kappa shape index (κ2) is 9.35. The molecule has 0 unspecified atom stereocenters. The summed E-state index contributed by atoms with van der Waals surface area (Å²) in [5.74, 6) is 0.502. The van der Waals surface area contributed by atoms with Crippen molar-refractivity contribution in [2.75, 3.05) is 25.4 Å². The molecule has 24 heavy (non-hydrogen) atoms. The number of sulfonamides is 1. The molecule has 0 saturated heterocycles. The van der Waals surface area contributed by atoms with Crippen LogP contribution in [-0.4, -0.2) is 39.8 Å². The maximum atomic E-state index is 11.0. The molecule has 0 spiro atoms. The van der Waals surface area contributed by atoms with Crippen LogP contribution in [-0.2, 0) is 15.4 Å². The zero-order valence-corrected chi connectivity index (χ0v) is 18.3. The molecule has 1 aromatic carbocycles. The molecule has 0 radical (unpaired) electrons. The first-order valence-corrected chi connectivity index (χ1v) is 10.1. The Kier molecular flexibility index (Phi) is 8.43. The van der Waals surface area contributed by atoms with Crippen molar-refractivity contribution in [2.45, 2.75) is 25.2 Å². The van der Waals surface area contributed by atoms with Gasteiger partial charge in [0.15, 0.2) is 5.96 Å². The molecule has 1 aliphatic carbocycles. The molecule has 0 heterocycles. The summed E-state index contributed by atoms with van der Waals surface area (Å²) < 4.78 is 23.1. The van der Waals surface area contributed by atoms with Gasteiger partial charge in [0.2, 0.25) is 10.0 Å². The quantitative estimate of drug-likeness (QED) is 0.285. The fourth-order valence-corrected chi connectivity index (χ4v) is 3.53. The summed E-state index contributed by atoms with van der Waals surface area (Å²) >= 11 is 3.61. The van der Waals surface area contributed by atoms with E-state index in [1.165, 1.54) is 5.56 Å². The molecule has 4 N–H and O–H groups in total. The van der Waals surface area contributed by atoms with Crippen molar-refractivity contribution in [3.8, 4) is 0 Å². The number of halogens is 2. The number of aliphatic imine (C=N–C) groups is 1. The van der Waals surface area contributed by atoms with Crippen molar-refractivity contribution in [1.82, 2.24) is 10.6 Å². The van der Waals surface area contributed by atoms with Crippen molar-refractivity contribution in [3.05, 3.63) is 34.3 Å². The number of benzene rings is 1. The van der Waals surface area contributed by atoms with E-state index in [2.05, 4.69) is 43.7 Å². The molecular weight excluding hydrogens is 507 g/mol. The largest absolute Gasteiger partial charge is 0.357 e. The highest BCUT2D eigenvalue weighted by Crippen LogP contribution is 2.50. The van der Waals surface area contributed by atoms with Gasteiger partial charge in [-0.25, -0.2) is 13.6 Å². The van der Waals surface area contributed by atoms with Gasteiger partial charge >= 0.3 is 0 Å². The van der Waals surface area contributed by atoms with Crippen molar-refractivity contribution in [2.24, 2.45) is 10.1 Å². The zero-order chi connectivity index (χ0) is 16.9. The van der Waals surface area contributed by atoms with Crippen LogP contribution in [0.4, 0.5) is 0 Å². The molecule has 136 valence electrons. The maximum Gasteiger partial charge on any atom is 0.210 e. The third-order valence-electron chi connectivity index (χ3n) is 3.86. The van der Waals surface area contributed by atoms with Crippen LogP contribution >= 0.6 is 39.9 Å².